The smallest absolute Gasteiger partial charge is 0.280 e. The van der Waals surface area contributed by atoms with E-state index in [1.165, 1.54) is 18.3 Å². The maximum Gasteiger partial charge on any atom is 0.280 e. The highest BCUT2D eigenvalue weighted by atomic mass is 32.2. The summed E-state index contributed by atoms with van der Waals surface area (Å²) in [5, 5.41) is 6.70. The molecule has 0 amide bonds. The number of nitrogens with one attached hydrogen (secondary N) is 2. The van der Waals surface area contributed by atoms with E-state index in [2.05, 4.69) is 19.9 Å². The zero-order valence-electron chi connectivity index (χ0n) is 12.1. The van der Waals surface area contributed by atoms with Gasteiger partial charge in [-0.2, -0.15) is 13.5 Å². The van der Waals surface area contributed by atoms with E-state index in [0.717, 1.165) is 25.1 Å². The first-order valence-corrected chi connectivity index (χ1v) is 8.74. The third-order valence-electron chi connectivity index (χ3n) is 3.98. The Kier molecular flexibility index (Phi) is 3.12. The Balaban J connectivity index is 1.76. The van der Waals surface area contributed by atoms with Crippen molar-refractivity contribution >= 4 is 26.7 Å². The van der Waals surface area contributed by atoms with Gasteiger partial charge in [-0.3, -0.25) is 9.82 Å². The zero-order chi connectivity index (χ0) is 16.0. The third kappa shape index (κ3) is 2.27. The Morgan fingerprint density at radius 1 is 1.30 bits per heavy atom. The van der Waals surface area contributed by atoms with E-state index in [9.17, 15) is 12.8 Å². The van der Waals surface area contributed by atoms with Crippen LogP contribution in [-0.2, 0) is 23.0 Å². The lowest BCUT2D eigenvalue weighted by molar-refractivity contribution is 0.488. The standard InChI is InChI=1S/C14H14FN5O2S/c15-9-4-3-5-10-13(9)14(18-17-10)19-23(21,22)12-8-16-11-6-1-2-7-20(11)12/h3-5,8H,1-2,6-7H2,(H2,17,18,19). The van der Waals surface area contributed by atoms with Gasteiger partial charge in [0.2, 0.25) is 0 Å². The number of H-pyrrole nitrogens is 1. The Morgan fingerprint density at radius 2 is 2.17 bits per heavy atom. The fraction of sp³-hybridized carbons (Fsp3) is 0.286. The van der Waals surface area contributed by atoms with E-state index in [0.29, 0.717) is 12.1 Å². The lowest BCUT2D eigenvalue weighted by Gasteiger charge is -2.16. The molecule has 3 heterocycles. The van der Waals surface area contributed by atoms with Crippen LogP contribution in [0.1, 0.15) is 18.7 Å². The number of aryl methyl sites for hydroxylation is 1. The van der Waals surface area contributed by atoms with Gasteiger partial charge in [-0.15, -0.1) is 0 Å². The molecule has 0 bridgehead atoms. The van der Waals surface area contributed by atoms with Gasteiger partial charge in [-0.05, 0) is 25.0 Å². The molecule has 23 heavy (non-hydrogen) atoms. The number of aromatic amines is 1. The topological polar surface area (TPSA) is 92.7 Å². The molecule has 4 rings (SSSR count). The average molecular weight is 335 g/mol. The average Bonchev–Trinajstić information content (AvgIpc) is 3.12. The summed E-state index contributed by atoms with van der Waals surface area (Å²) in [6.07, 6.45) is 4.01. The number of rotatable bonds is 3. The second-order valence-corrected chi connectivity index (χ2v) is 7.09. The number of hydrogen-bond acceptors (Lipinski definition) is 4. The Labute approximate surface area is 131 Å². The van der Waals surface area contributed by atoms with Gasteiger partial charge in [0.1, 0.15) is 11.6 Å². The van der Waals surface area contributed by atoms with Crippen molar-refractivity contribution in [2.45, 2.75) is 30.8 Å². The van der Waals surface area contributed by atoms with Crippen molar-refractivity contribution < 1.29 is 12.8 Å². The van der Waals surface area contributed by atoms with Gasteiger partial charge >= 0.3 is 0 Å². The molecule has 0 spiro atoms. The number of benzene rings is 1. The highest BCUT2D eigenvalue weighted by molar-refractivity contribution is 7.92. The molecule has 9 heteroatoms. The number of sulfonamides is 1. The van der Waals surface area contributed by atoms with E-state index >= 15 is 0 Å². The highest BCUT2D eigenvalue weighted by Gasteiger charge is 2.26. The second-order valence-electron chi connectivity index (χ2n) is 5.46. The SMILES string of the molecule is O=S(=O)(Nc1n[nH]c2cccc(F)c12)c1cnc2n1CCCC2. The summed E-state index contributed by atoms with van der Waals surface area (Å²) >= 11 is 0. The molecule has 0 saturated carbocycles. The molecule has 3 aromatic rings. The Bertz CT molecular complexity index is 992. The maximum absolute atomic E-state index is 14.0. The fourth-order valence-corrected chi connectivity index (χ4v) is 4.07. The molecule has 1 aromatic carbocycles. The molecule has 1 aliphatic heterocycles. The second kappa shape index (κ2) is 5.05. The number of halogens is 1. The first-order chi connectivity index (χ1) is 11.1. The van der Waals surface area contributed by atoms with Crippen LogP contribution in [-0.4, -0.2) is 28.2 Å². The minimum atomic E-state index is -3.89. The number of aromatic nitrogens is 4. The zero-order valence-corrected chi connectivity index (χ0v) is 12.9. The van der Waals surface area contributed by atoms with Crippen molar-refractivity contribution in [2.75, 3.05) is 4.72 Å². The quantitative estimate of drug-likeness (QED) is 0.766. The van der Waals surface area contributed by atoms with Gasteiger partial charge in [-0.25, -0.2) is 9.37 Å². The maximum atomic E-state index is 14.0. The Morgan fingerprint density at radius 3 is 3.04 bits per heavy atom. The molecule has 2 N–H and O–H groups in total. The van der Waals surface area contributed by atoms with E-state index in [1.54, 1.807) is 10.6 Å². The lowest BCUT2D eigenvalue weighted by Crippen LogP contribution is -2.20. The summed E-state index contributed by atoms with van der Waals surface area (Å²) in [6.45, 7) is 0.612. The summed E-state index contributed by atoms with van der Waals surface area (Å²) in [5.74, 6) is 0.170. The van der Waals surface area contributed by atoms with Crippen LogP contribution in [0.2, 0.25) is 0 Å². The number of anilines is 1. The van der Waals surface area contributed by atoms with Crippen LogP contribution in [0.5, 0.6) is 0 Å². The number of hydrogen-bond donors (Lipinski definition) is 2. The molecule has 1 aliphatic rings. The molecule has 7 nitrogen and oxygen atoms in total. The molecule has 0 fully saturated rings. The monoisotopic (exact) mass is 335 g/mol. The summed E-state index contributed by atoms with van der Waals surface area (Å²) in [4.78, 5) is 4.17. The Hall–Kier alpha value is -2.42. The van der Waals surface area contributed by atoms with Gasteiger partial charge in [0.25, 0.3) is 10.0 Å². The normalized spacial score (nSPS) is 14.8. The van der Waals surface area contributed by atoms with Gasteiger partial charge < -0.3 is 4.57 Å². The van der Waals surface area contributed by atoms with Crippen molar-refractivity contribution in [1.82, 2.24) is 19.7 Å². The molecule has 0 radical (unpaired) electrons. The number of imidazole rings is 1. The van der Waals surface area contributed by atoms with Crippen LogP contribution in [0.4, 0.5) is 10.2 Å². The van der Waals surface area contributed by atoms with Crippen molar-refractivity contribution in [3.8, 4) is 0 Å². The number of fused-ring (bicyclic) bond motifs is 2. The highest BCUT2D eigenvalue weighted by Crippen LogP contribution is 2.27. The van der Waals surface area contributed by atoms with Crippen LogP contribution < -0.4 is 4.72 Å². The predicted octanol–water partition coefficient (Wildman–Crippen LogP) is 2.04. The van der Waals surface area contributed by atoms with Gasteiger partial charge in [0.15, 0.2) is 10.8 Å². The van der Waals surface area contributed by atoms with E-state index in [1.807, 2.05) is 0 Å². The van der Waals surface area contributed by atoms with E-state index in [4.69, 9.17) is 0 Å². The summed E-state index contributed by atoms with van der Waals surface area (Å²) in [6, 6.07) is 4.42. The minimum Gasteiger partial charge on any atom is -0.318 e. The van der Waals surface area contributed by atoms with Crippen molar-refractivity contribution in [1.29, 1.82) is 0 Å². The molecule has 0 aliphatic carbocycles. The first-order valence-electron chi connectivity index (χ1n) is 7.26. The minimum absolute atomic E-state index is 0.0514. The van der Waals surface area contributed by atoms with Crippen LogP contribution >= 0.6 is 0 Å². The molecule has 0 unspecified atom stereocenters. The van der Waals surface area contributed by atoms with Crippen molar-refractivity contribution in [3.05, 3.63) is 36.0 Å². The first kappa shape index (κ1) is 14.2. The molecule has 120 valence electrons. The largest absolute Gasteiger partial charge is 0.318 e. The molecular weight excluding hydrogens is 321 g/mol. The summed E-state index contributed by atoms with van der Waals surface area (Å²) in [7, 11) is -3.89. The molecule has 0 atom stereocenters. The summed E-state index contributed by atoms with van der Waals surface area (Å²) in [5.41, 5.74) is 0.429. The third-order valence-corrected chi connectivity index (χ3v) is 5.32. The van der Waals surface area contributed by atoms with Crippen LogP contribution in [0.3, 0.4) is 0 Å². The van der Waals surface area contributed by atoms with Gasteiger partial charge in [-0.1, -0.05) is 6.07 Å². The van der Waals surface area contributed by atoms with Gasteiger partial charge in [0, 0.05) is 13.0 Å². The van der Waals surface area contributed by atoms with E-state index < -0.39 is 15.8 Å². The fourth-order valence-electron chi connectivity index (χ4n) is 2.89. The van der Waals surface area contributed by atoms with Crippen LogP contribution in [0.15, 0.2) is 29.4 Å². The molecular formula is C14H14FN5O2S. The molecule has 0 saturated heterocycles. The van der Waals surface area contributed by atoms with Crippen molar-refractivity contribution in [2.24, 2.45) is 0 Å². The van der Waals surface area contributed by atoms with Crippen LogP contribution in [0, 0.1) is 5.82 Å². The van der Waals surface area contributed by atoms with E-state index in [-0.39, 0.29) is 16.2 Å². The molecule has 2 aromatic heterocycles. The lowest BCUT2D eigenvalue weighted by atomic mass is 10.2. The predicted molar refractivity (Wildman–Crippen MR) is 82.0 cm³/mol. The number of nitrogens with zero attached hydrogens (tertiary/aromatic N) is 3. The summed E-state index contributed by atoms with van der Waals surface area (Å²) < 4.78 is 43.3. The van der Waals surface area contributed by atoms with Crippen LogP contribution in [0.25, 0.3) is 10.9 Å². The van der Waals surface area contributed by atoms with Crippen molar-refractivity contribution in [3.63, 3.8) is 0 Å². The van der Waals surface area contributed by atoms with Gasteiger partial charge in [0.05, 0.1) is 17.1 Å².